The van der Waals surface area contributed by atoms with Crippen molar-refractivity contribution in [3.05, 3.63) is 96.4 Å². The molecule has 3 aromatic carbocycles. The fourth-order valence-corrected chi connectivity index (χ4v) is 4.28. The first kappa shape index (κ1) is 22.4. The Bertz CT molecular complexity index is 1280. The van der Waals surface area contributed by atoms with Crippen LogP contribution in [-0.2, 0) is 20.7 Å². The van der Waals surface area contributed by atoms with Gasteiger partial charge in [0.1, 0.15) is 11.4 Å². The van der Waals surface area contributed by atoms with Crippen LogP contribution in [0.4, 0.5) is 0 Å². The molecule has 2 heterocycles. The molecule has 1 saturated heterocycles. The summed E-state index contributed by atoms with van der Waals surface area (Å²) in [7, 11) is 0. The maximum Gasteiger partial charge on any atom is 0.341 e. The Labute approximate surface area is 202 Å². The van der Waals surface area contributed by atoms with Gasteiger partial charge in [0, 0.05) is 17.0 Å². The maximum absolute atomic E-state index is 12.3. The fourth-order valence-electron chi connectivity index (χ4n) is 4.28. The zero-order chi connectivity index (χ0) is 24.2. The SMILES string of the molecule is O=C(O)COc1cccc(CC2CC(=O)OC2c2nc(-c3ccccc3)c(-c3ccccc3)o2)c1. The lowest BCUT2D eigenvalue weighted by atomic mass is 9.93. The van der Waals surface area contributed by atoms with E-state index in [9.17, 15) is 9.59 Å². The number of oxazole rings is 1. The number of carbonyl (C=O) groups excluding carboxylic acids is 1. The standard InChI is InChI=1S/C28H23NO6/c30-23(31)17-33-22-13-7-8-18(15-22)14-21-16-24(32)34-27(21)28-29-25(19-9-3-1-4-10-19)26(35-28)20-11-5-2-6-12-20/h1-13,15,21,27H,14,16-17H2,(H,30,31). The summed E-state index contributed by atoms with van der Waals surface area (Å²) >= 11 is 0. The Morgan fingerprint density at radius 1 is 0.971 bits per heavy atom. The first-order valence-electron chi connectivity index (χ1n) is 11.3. The summed E-state index contributed by atoms with van der Waals surface area (Å²) < 4.78 is 17.2. The molecule has 0 aliphatic carbocycles. The highest BCUT2D eigenvalue weighted by Crippen LogP contribution is 2.41. The molecule has 0 radical (unpaired) electrons. The molecule has 0 saturated carbocycles. The minimum atomic E-state index is -1.04. The molecular weight excluding hydrogens is 446 g/mol. The van der Waals surface area contributed by atoms with Crippen molar-refractivity contribution in [1.29, 1.82) is 0 Å². The molecule has 0 spiro atoms. The van der Waals surface area contributed by atoms with Gasteiger partial charge in [0.05, 0.1) is 6.42 Å². The number of hydrogen-bond acceptors (Lipinski definition) is 6. The van der Waals surface area contributed by atoms with Crippen LogP contribution in [0, 0.1) is 5.92 Å². The number of carboxylic acid groups (broad SMARTS) is 1. The zero-order valence-corrected chi connectivity index (χ0v) is 18.8. The second kappa shape index (κ2) is 9.85. The predicted molar refractivity (Wildman–Crippen MR) is 128 cm³/mol. The minimum absolute atomic E-state index is 0.192. The van der Waals surface area contributed by atoms with Crippen molar-refractivity contribution in [2.24, 2.45) is 5.92 Å². The Morgan fingerprint density at radius 2 is 1.69 bits per heavy atom. The van der Waals surface area contributed by atoms with Crippen LogP contribution in [0.15, 0.2) is 89.3 Å². The molecule has 1 aliphatic heterocycles. The van der Waals surface area contributed by atoms with Crippen molar-refractivity contribution < 1.29 is 28.6 Å². The lowest BCUT2D eigenvalue weighted by molar-refractivity contribution is -0.142. The van der Waals surface area contributed by atoms with Crippen molar-refractivity contribution in [3.63, 3.8) is 0 Å². The lowest BCUT2D eigenvalue weighted by Crippen LogP contribution is -2.12. The average molecular weight is 469 g/mol. The van der Waals surface area contributed by atoms with Gasteiger partial charge in [-0.1, -0.05) is 72.8 Å². The van der Waals surface area contributed by atoms with Crippen LogP contribution >= 0.6 is 0 Å². The maximum atomic E-state index is 12.3. The zero-order valence-electron chi connectivity index (χ0n) is 18.8. The number of carboxylic acids is 1. The highest BCUT2D eigenvalue weighted by Gasteiger charge is 2.40. The summed E-state index contributed by atoms with van der Waals surface area (Å²) in [5.74, 6) is -0.102. The van der Waals surface area contributed by atoms with Crippen LogP contribution in [0.2, 0.25) is 0 Å². The van der Waals surface area contributed by atoms with Crippen LogP contribution in [0.1, 0.15) is 24.0 Å². The molecule has 2 atom stereocenters. The molecule has 0 bridgehead atoms. The number of nitrogens with zero attached hydrogens (tertiary/aromatic N) is 1. The number of aliphatic carboxylic acids is 1. The van der Waals surface area contributed by atoms with Gasteiger partial charge < -0.3 is 19.0 Å². The third-order valence-corrected chi connectivity index (χ3v) is 5.84. The smallest absolute Gasteiger partial charge is 0.341 e. The second-order valence-electron chi connectivity index (χ2n) is 8.37. The number of hydrogen-bond donors (Lipinski definition) is 1. The lowest BCUT2D eigenvalue weighted by Gasteiger charge is -2.15. The number of cyclic esters (lactones) is 1. The quantitative estimate of drug-likeness (QED) is 0.349. The normalized spacial score (nSPS) is 17.2. The summed E-state index contributed by atoms with van der Waals surface area (Å²) in [6, 6.07) is 26.7. The van der Waals surface area contributed by atoms with Gasteiger partial charge in [-0.25, -0.2) is 9.78 Å². The van der Waals surface area contributed by atoms with Gasteiger partial charge in [0.25, 0.3) is 0 Å². The summed E-state index contributed by atoms with van der Waals surface area (Å²) in [6.07, 6.45) is 0.116. The topological polar surface area (TPSA) is 98.9 Å². The van der Waals surface area contributed by atoms with Gasteiger partial charge in [-0.05, 0) is 24.1 Å². The van der Waals surface area contributed by atoms with E-state index in [4.69, 9.17) is 24.0 Å². The Morgan fingerprint density at radius 3 is 2.40 bits per heavy atom. The second-order valence-corrected chi connectivity index (χ2v) is 8.37. The van der Waals surface area contributed by atoms with Crippen LogP contribution in [0.3, 0.4) is 0 Å². The largest absolute Gasteiger partial charge is 0.482 e. The number of ether oxygens (including phenoxy) is 2. The molecule has 0 amide bonds. The van der Waals surface area contributed by atoms with Gasteiger partial charge in [-0.2, -0.15) is 0 Å². The van der Waals surface area contributed by atoms with E-state index in [1.165, 1.54) is 0 Å². The molecule has 2 unspecified atom stereocenters. The first-order chi connectivity index (χ1) is 17.1. The Balaban J connectivity index is 1.46. The van der Waals surface area contributed by atoms with Crippen LogP contribution in [-0.4, -0.2) is 28.6 Å². The van der Waals surface area contributed by atoms with Crippen LogP contribution < -0.4 is 4.74 Å². The third-order valence-electron chi connectivity index (χ3n) is 5.84. The molecule has 7 heteroatoms. The molecular formula is C28H23NO6. The van der Waals surface area contributed by atoms with E-state index in [-0.39, 0.29) is 18.3 Å². The Kier molecular flexibility index (Phi) is 6.30. The highest BCUT2D eigenvalue weighted by atomic mass is 16.6. The average Bonchev–Trinajstić information content (AvgIpc) is 3.48. The molecule has 5 rings (SSSR count). The molecule has 1 aliphatic rings. The minimum Gasteiger partial charge on any atom is -0.482 e. The van der Waals surface area contributed by atoms with Crippen molar-refractivity contribution >= 4 is 11.9 Å². The van der Waals surface area contributed by atoms with E-state index < -0.39 is 18.7 Å². The number of benzene rings is 3. The number of rotatable bonds is 8. The van der Waals surface area contributed by atoms with E-state index in [0.717, 1.165) is 16.7 Å². The van der Waals surface area contributed by atoms with E-state index >= 15 is 0 Å². The van der Waals surface area contributed by atoms with E-state index in [0.29, 0.717) is 29.5 Å². The third kappa shape index (κ3) is 5.09. The van der Waals surface area contributed by atoms with Gasteiger partial charge >= 0.3 is 11.9 Å². The van der Waals surface area contributed by atoms with Crippen molar-refractivity contribution in [3.8, 4) is 28.3 Å². The van der Waals surface area contributed by atoms with Crippen LogP contribution in [0.5, 0.6) is 5.75 Å². The summed E-state index contributed by atoms with van der Waals surface area (Å²) in [5, 5.41) is 8.86. The predicted octanol–water partition coefficient (Wildman–Crippen LogP) is 5.32. The van der Waals surface area contributed by atoms with Gasteiger partial charge in [-0.3, -0.25) is 4.79 Å². The Hall–Kier alpha value is -4.39. The van der Waals surface area contributed by atoms with E-state index in [1.54, 1.807) is 18.2 Å². The van der Waals surface area contributed by atoms with Crippen LogP contribution in [0.25, 0.3) is 22.6 Å². The first-order valence-corrected chi connectivity index (χ1v) is 11.3. The number of aromatic nitrogens is 1. The van der Waals surface area contributed by atoms with Crippen molar-refractivity contribution in [2.45, 2.75) is 18.9 Å². The number of carbonyl (C=O) groups is 2. The molecule has 176 valence electrons. The summed E-state index contributed by atoms with van der Waals surface area (Å²) in [4.78, 5) is 27.9. The van der Waals surface area contributed by atoms with Crippen molar-refractivity contribution in [2.75, 3.05) is 6.61 Å². The van der Waals surface area contributed by atoms with E-state index in [1.807, 2.05) is 66.7 Å². The van der Waals surface area contributed by atoms with Gasteiger partial charge in [0.15, 0.2) is 18.5 Å². The summed E-state index contributed by atoms with van der Waals surface area (Å²) in [5.41, 5.74) is 3.39. The molecule has 1 aromatic heterocycles. The van der Waals surface area contributed by atoms with Gasteiger partial charge in [0.2, 0.25) is 5.89 Å². The summed E-state index contributed by atoms with van der Waals surface area (Å²) in [6.45, 7) is -0.419. The van der Waals surface area contributed by atoms with Crippen molar-refractivity contribution in [1.82, 2.24) is 4.98 Å². The van der Waals surface area contributed by atoms with Gasteiger partial charge in [-0.15, -0.1) is 0 Å². The number of esters is 1. The molecule has 1 fully saturated rings. The van der Waals surface area contributed by atoms with E-state index in [2.05, 4.69) is 0 Å². The monoisotopic (exact) mass is 469 g/mol. The highest BCUT2D eigenvalue weighted by molar-refractivity contribution is 5.77. The molecule has 4 aromatic rings. The molecule has 35 heavy (non-hydrogen) atoms. The fraction of sp³-hybridized carbons (Fsp3) is 0.179. The molecule has 7 nitrogen and oxygen atoms in total. The molecule has 1 N–H and O–H groups in total.